The van der Waals surface area contributed by atoms with Crippen molar-refractivity contribution < 1.29 is 8.42 Å². The lowest BCUT2D eigenvalue weighted by atomic mass is 10.0. The molecule has 1 aliphatic heterocycles. The summed E-state index contributed by atoms with van der Waals surface area (Å²) in [6, 6.07) is 11.4. The van der Waals surface area contributed by atoms with Crippen LogP contribution in [0.3, 0.4) is 0 Å². The Morgan fingerprint density at radius 3 is 2.48 bits per heavy atom. The summed E-state index contributed by atoms with van der Waals surface area (Å²) < 4.78 is 27.9. The Kier molecular flexibility index (Phi) is 4.34. The third kappa shape index (κ3) is 2.95. The SMILES string of the molecule is CC1CCCN(S(=O)(=O)c2cccc3c(N(C)C)cccc23)C1. The van der Waals surface area contributed by atoms with Crippen LogP contribution in [-0.2, 0) is 10.0 Å². The first kappa shape index (κ1) is 16.3. The van der Waals surface area contributed by atoms with Gasteiger partial charge in [0, 0.05) is 43.6 Å². The zero-order valence-corrected chi connectivity index (χ0v) is 14.8. The molecule has 124 valence electrons. The summed E-state index contributed by atoms with van der Waals surface area (Å²) in [4.78, 5) is 2.44. The summed E-state index contributed by atoms with van der Waals surface area (Å²) in [7, 11) is 0.500. The quantitative estimate of drug-likeness (QED) is 0.866. The third-order valence-corrected chi connectivity index (χ3v) is 6.50. The maximum atomic E-state index is 13.1. The molecule has 1 unspecified atom stereocenters. The van der Waals surface area contributed by atoms with Crippen molar-refractivity contribution in [3.63, 3.8) is 0 Å². The fourth-order valence-electron chi connectivity index (χ4n) is 3.38. The summed E-state index contributed by atoms with van der Waals surface area (Å²) in [6.07, 6.45) is 2.04. The number of hydrogen-bond donors (Lipinski definition) is 0. The smallest absolute Gasteiger partial charge is 0.243 e. The number of nitrogens with zero attached hydrogens (tertiary/aromatic N) is 2. The largest absolute Gasteiger partial charge is 0.377 e. The van der Waals surface area contributed by atoms with Crippen LogP contribution in [0.2, 0.25) is 0 Å². The van der Waals surface area contributed by atoms with Crippen LogP contribution in [0.4, 0.5) is 5.69 Å². The predicted octanol–water partition coefficient (Wildman–Crippen LogP) is 3.33. The van der Waals surface area contributed by atoms with Gasteiger partial charge in [0.1, 0.15) is 0 Å². The Bertz CT molecular complexity index is 815. The van der Waals surface area contributed by atoms with Gasteiger partial charge in [-0.1, -0.05) is 31.2 Å². The Morgan fingerprint density at radius 2 is 1.78 bits per heavy atom. The minimum absolute atomic E-state index is 0.422. The second-order valence-corrected chi connectivity index (χ2v) is 8.54. The summed E-state index contributed by atoms with van der Waals surface area (Å²) in [5, 5.41) is 1.78. The van der Waals surface area contributed by atoms with E-state index in [2.05, 4.69) is 6.92 Å². The van der Waals surface area contributed by atoms with Gasteiger partial charge >= 0.3 is 0 Å². The number of sulfonamides is 1. The van der Waals surface area contributed by atoms with Gasteiger partial charge in [0.2, 0.25) is 10.0 Å². The maximum Gasteiger partial charge on any atom is 0.243 e. The van der Waals surface area contributed by atoms with Crippen LogP contribution in [0.15, 0.2) is 41.3 Å². The molecule has 1 fully saturated rings. The number of anilines is 1. The first-order valence-corrected chi connectivity index (χ1v) is 9.54. The van der Waals surface area contributed by atoms with E-state index in [9.17, 15) is 8.42 Å². The molecule has 3 rings (SSSR count). The summed E-state index contributed by atoms with van der Waals surface area (Å²) >= 11 is 0. The molecule has 1 heterocycles. The fraction of sp³-hybridized carbons (Fsp3) is 0.444. The van der Waals surface area contributed by atoms with E-state index in [-0.39, 0.29) is 0 Å². The molecule has 2 aromatic rings. The zero-order chi connectivity index (χ0) is 16.6. The van der Waals surface area contributed by atoms with Gasteiger partial charge in [0.05, 0.1) is 4.90 Å². The lowest BCUT2D eigenvalue weighted by Gasteiger charge is -2.30. The van der Waals surface area contributed by atoms with Crippen LogP contribution < -0.4 is 4.90 Å². The molecule has 0 amide bonds. The van der Waals surface area contributed by atoms with E-state index in [0.717, 1.165) is 29.3 Å². The van der Waals surface area contributed by atoms with Crippen LogP contribution in [0.1, 0.15) is 19.8 Å². The maximum absolute atomic E-state index is 13.1. The van der Waals surface area contributed by atoms with E-state index in [0.29, 0.717) is 23.9 Å². The first-order chi connectivity index (χ1) is 10.9. The minimum Gasteiger partial charge on any atom is -0.377 e. The summed E-state index contributed by atoms with van der Waals surface area (Å²) in [6.45, 7) is 3.36. The predicted molar refractivity (Wildman–Crippen MR) is 95.4 cm³/mol. The Morgan fingerprint density at radius 1 is 1.09 bits per heavy atom. The van der Waals surface area contributed by atoms with Crippen molar-refractivity contribution in [2.45, 2.75) is 24.7 Å². The topological polar surface area (TPSA) is 40.6 Å². The summed E-state index contributed by atoms with van der Waals surface area (Å²) in [5.41, 5.74) is 1.03. The number of hydrogen-bond acceptors (Lipinski definition) is 3. The first-order valence-electron chi connectivity index (χ1n) is 8.10. The highest BCUT2D eigenvalue weighted by Gasteiger charge is 2.30. The van der Waals surface area contributed by atoms with E-state index in [1.807, 2.05) is 49.3 Å². The van der Waals surface area contributed by atoms with Gasteiger partial charge in [0.25, 0.3) is 0 Å². The zero-order valence-electron chi connectivity index (χ0n) is 14.0. The average Bonchev–Trinajstić information content (AvgIpc) is 2.53. The standard InChI is InChI=1S/C18H24N2O2S/c1-14-7-6-12-20(13-14)23(21,22)18-11-5-8-15-16(18)9-4-10-17(15)19(2)3/h4-5,8-11,14H,6-7,12-13H2,1-3H3. The molecule has 2 aromatic carbocycles. The van der Waals surface area contributed by atoms with Crippen molar-refractivity contribution in [3.05, 3.63) is 36.4 Å². The van der Waals surface area contributed by atoms with E-state index in [1.54, 1.807) is 10.4 Å². The highest BCUT2D eigenvalue weighted by molar-refractivity contribution is 7.89. The third-order valence-electron chi connectivity index (χ3n) is 4.58. The molecule has 4 nitrogen and oxygen atoms in total. The van der Waals surface area contributed by atoms with Gasteiger partial charge in [-0.2, -0.15) is 4.31 Å². The van der Waals surface area contributed by atoms with Crippen LogP contribution in [0.25, 0.3) is 10.8 Å². The molecule has 0 saturated carbocycles. The molecule has 0 aliphatic carbocycles. The molecule has 1 atom stereocenters. The van der Waals surface area contributed by atoms with Gasteiger partial charge in [-0.3, -0.25) is 0 Å². The van der Waals surface area contributed by atoms with Crippen LogP contribution in [0.5, 0.6) is 0 Å². The molecule has 0 N–H and O–H groups in total. The van der Waals surface area contributed by atoms with Crippen molar-refractivity contribution in [1.82, 2.24) is 4.31 Å². The average molecular weight is 332 g/mol. The van der Waals surface area contributed by atoms with Crippen molar-refractivity contribution in [2.75, 3.05) is 32.1 Å². The molecular weight excluding hydrogens is 308 g/mol. The fourth-order valence-corrected chi connectivity index (χ4v) is 5.19. The van der Waals surface area contributed by atoms with Crippen LogP contribution in [0, 0.1) is 5.92 Å². The molecule has 23 heavy (non-hydrogen) atoms. The molecule has 0 radical (unpaired) electrons. The van der Waals surface area contributed by atoms with Crippen LogP contribution >= 0.6 is 0 Å². The summed E-state index contributed by atoms with van der Waals surface area (Å²) in [5.74, 6) is 0.422. The van der Waals surface area contributed by atoms with Gasteiger partial charge in [-0.15, -0.1) is 0 Å². The van der Waals surface area contributed by atoms with Gasteiger partial charge in [-0.05, 0) is 30.9 Å². The van der Waals surface area contributed by atoms with Gasteiger partial charge in [0.15, 0.2) is 0 Å². The van der Waals surface area contributed by atoms with E-state index in [1.165, 1.54) is 0 Å². The Balaban J connectivity index is 2.14. The highest BCUT2D eigenvalue weighted by Crippen LogP contribution is 2.32. The molecule has 1 saturated heterocycles. The molecular formula is C18H24N2O2S. The Labute approximate surface area is 138 Å². The Hall–Kier alpha value is -1.59. The molecule has 0 bridgehead atoms. The van der Waals surface area contributed by atoms with E-state index in [4.69, 9.17) is 0 Å². The number of piperidine rings is 1. The molecule has 0 aromatic heterocycles. The van der Waals surface area contributed by atoms with Crippen molar-refractivity contribution >= 4 is 26.5 Å². The lowest BCUT2D eigenvalue weighted by Crippen LogP contribution is -2.39. The number of fused-ring (bicyclic) bond motifs is 1. The minimum atomic E-state index is -3.45. The molecule has 0 spiro atoms. The lowest BCUT2D eigenvalue weighted by molar-refractivity contribution is 0.281. The molecule has 5 heteroatoms. The second kappa shape index (κ2) is 6.13. The van der Waals surface area contributed by atoms with Crippen molar-refractivity contribution in [1.29, 1.82) is 0 Å². The second-order valence-electron chi connectivity index (χ2n) is 6.63. The van der Waals surface area contributed by atoms with Crippen molar-refractivity contribution in [2.24, 2.45) is 5.92 Å². The van der Waals surface area contributed by atoms with E-state index >= 15 is 0 Å². The van der Waals surface area contributed by atoms with Crippen molar-refractivity contribution in [3.8, 4) is 0 Å². The van der Waals surface area contributed by atoms with E-state index < -0.39 is 10.0 Å². The normalized spacial score (nSPS) is 19.9. The molecule has 1 aliphatic rings. The monoisotopic (exact) mass is 332 g/mol. The highest BCUT2D eigenvalue weighted by atomic mass is 32.2. The van der Waals surface area contributed by atoms with Gasteiger partial charge in [-0.25, -0.2) is 8.42 Å². The number of rotatable bonds is 3. The number of benzene rings is 2. The van der Waals surface area contributed by atoms with Crippen LogP contribution in [-0.4, -0.2) is 39.9 Å². The van der Waals surface area contributed by atoms with Gasteiger partial charge < -0.3 is 4.90 Å².